The van der Waals surface area contributed by atoms with Crippen LogP contribution in [0.15, 0.2) is 41.7 Å². The highest BCUT2D eigenvalue weighted by molar-refractivity contribution is 5.80. The third-order valence-corrected chi connectivity index (χ3v) is 4.89. The maximum atomic E-state index is 5.78. The summed E-state index contributed by atoms with van der Waals surface area (Å²) in [6.45, 7) is 5.57. The lowest BCUT2D eigenvalue weighted by atomic mass is 10.2. The number of nitrogens with one attached hydrogen (secondary N) is 1. The molecule has 0 atom stereocenters. The highest BCUT2D eigenvalue weighted by atomic mass is 16.5. The van der Waals surface area contributed by atoms with E-state index in [1.54, 1.807) is 12.4 Å². The Bertz CT molecular complexity index is 806. The molecule has 4 rings (SSSR count). The molecule has 2 aliphatic heterocycles. The van der Waals surface area contributed by atoms with Crippen LogP contribution in [0.1, 0.15) is 12.0 Å². The number of aromatic nitrogens is 2. The minimum absolute atomic E-state index is 0.686. The summed E-state index contributed by atoms with van der Waals surface area (Å²) in [6.07, 6.45) is 4.48. The molecular weight excluding hydrogens is 356 g/mol. The van der Waals surface area contributed by atoms with Crippen LogP contribution in [-0.2, 0) is 6.54 Å². The fourth-order valence-corrected chi connectivity index (χ4v) is 3.40. The molecule has 8 nitrogen and oxygen atoms in total. The van der Waals surface area contributed by atoms with E-state index >= 15 is 0 Å². The lowest BCUT2D eigenvalue weighted by molar-refractivity contribution is 0.297. The van der Waals surface area contributed by atoms with Crippen LogP contribution >= 0.6 is 0 Å². The monoisotopic (exact) mass is 382 g/mol. The zero-order chi connectivity index (χ0) is 19.2. The summed E-state index contributed by atoms with van der Waals surface area (Å²) >= 11 is 0. The summed E-state index contributed by atoms with van der Waals surface area (Å²) < 4.78 is 11.5. The van der Waals surface area contributed by atoms with Gasteiger partial charge < -0.3 is 24.6 Å². The third kappa shape index (κ3) is 4.27. The molecule has 2 aromatic rings. The van der Waals surface area contributed by atoms with Crippen molar-refractivity contribution in [2.75, 3.05) is 51.3 Å². The van der Waals surface area contributed by atoms with E-state index in [0.29, 0.717) is 19.8 Å². The van der Waals surface area contributed by atoms with Crippen molar-refractivity contribution in [3.05, 3.63) is 42.2 Å². The van der Waals surface area contributed by atoms with Crippen molar-refractivity contribution in [1.29, 1.82) is 0 Å². The van der Waals surface area contributed by atoms with Crippen molar-refractivity contribution in [2.24, 2.45) is 4.99 Å². The zero-order valence-electron chi connectivity index (χ0n) is 16.2. The summed E-state index contributed by atoms with van der Waals surface area (Å²) in [4.78, 5) is 17.6. The average molecular weight is 382 g/mol. The van der Waals surface area contributed by atoms with Gasteiger partial charge in [-0.2, -0.15) is 0 Å². The summed E-state index contributed by atoms with van der Waals surface area (Å²) in [5.74, 6) is 3.34. The number of anilines is 1. The molecule has 1 N–H and O–H groups in total. The highest BCUT2D eigenvalue weighted by Gasteiger charge is 2.21. The van der Waals surface area contributed by atoms with E-state index < -0.39 is 0 Å². The quantitative estimate of drug-likeness (QED) is 0.637. The Hall–Kier alpha value is -3.03. The van der Waals surface area contributed by atoms with Gasteiger partial charge in [0, 0.05) is 58.6 Å². The van der Waals surface area contributed by atoms with Crippen molar-refractivity contribution in [1.82, 2.24) is 20.2 Å². The summed E-state index contributed by atoms with van der Waals surface area (Å²) in [5, 5.41) is 3.46. The van der Waals surface area contributed by atoms with Crippen molar-refractivity contribution >= 4 is 11.9 Å². The fourth-order valence-electron chi connectivity index (χ4n) is 3.40. The van der Waals surface area contributed by atoms with Crippen molar-refractivity contribution in [3.8, 4) is 11.5 Å². The number of rotatable bonds is 3. The van der Waals surface area contributed by atoms with E-state index in [-0.39, 0.29) is 0 Å². The number of benzene rings is 1. The first-order valence-electron chi connectivity index (χ1n) is 9.69. The van der Waals surface area contributed by atoms with Gasteiger partial charge in [-0.15, -0.1) is 0 Å². The Morgan fingerprint density at radius 2 is 1.82 bits per heavy atom. The Kier molecular flexibility index (Phi) is 5.75. The Morgan fingerprint density at radius 1 is 1.07 bits per heavy atom. The molecule has 0 spiro atoms. The summed E-state index contributed by atoms with van der Waals surface area (Å²) in [6, 6.07) is 7.94. The summed E-state index contributed by atoms with van der Waals surface area (Å²) in [7, 11) is 1.82. The van der Waals surface area contributed by atoms with Crippen LogP contribution in [0.25, 0.3) is 0 Å². The average Bonchev–Trinajstić information content (AvgIpc) is 3.00. The highest BCUT2D eigenvalue weighted by Crippen LogP contribution is 2.30. The van der Waals surface area contributed by atoms with E-state index in [4.69, 9.17) is 9.47 Å². The van der Waals surface area contributed by atoms with Gasteiger partial charge in [-0.3, -0.25) is 4.99 Å². The number of nitrogens with zero attached hydrogens (tertiary/aromatic N) is 5. The molecule has 0 saturated carbocycles. The number of fused-ring (bicyclic) bond motifs is 1. The van der Waals surface area contributed by atoms with Crippen LogP contribution < -0.4 is 19.7 Å². The molecule has 1 fully saturated rings. The van der Waals surface area contributed by atoms with Crippen LogP contribution in [0.3, 0.4) is 0 Å². The zero-order valence-corrected chi connectivity index (χ0v) is 16.2. The van der Waals surface area contributed by atoms with E-state index in [1.165, 1.54) is 0 Å². The maximum Gasteiger partial charge on any atom is 0.225 e. The molecule has 1 saturated heterocycles. The van der Waals surface area contributed by atoms with Gasteiger partial charge in [0.1, 0.15) is 0 Å². The van der Waals surface area contributed by atoms with Gasteiger partial charge in [0.2, 0.25) is 5.95 Å². The third-order valence-electron chi connectivity index (χ3n) is 4.89. The van der Waals surface area contributed by atoms with Crippen LogP contribution in [0, 0.1) is 0 Å². The molecule has 3 heterocycles. The van der Waals surface area contributed by atoms with Gasteiger partial charge in [0.15, 0.2) is 17.5 Å². The van der Waals surface area contributed by atoms with E-state index in [9.17, 15) is 0 Å². The van der Waals surface area contributed by atoms with Crippen LogP contribution in [0.4, 0.5) is 5.95 Å². The van der Waals surface area contributed by atoms with Crippen molar-refractivity contribution < 1.29 is 9.47 Å². The van der Waals surface area contributed by atoms with Crippen LogP contribution in [0.5, 0.6) is 11.5 Å². The minimum Gasteiger partial charge on any atom is -0.490 e. The number of ether oxygens (including phenoxy) is 2. The van der Waals surface area contributed by atoms with Gasteiger partial charge >= 0.3 is 0 Å². The minimum atomic E-state index is 0.686. The Morgan fingerprint density at radius 3 is 2.57 bits per heavy atom. The van der Waals surface area contributed by atoms with Crippen LogP contribution in [-0.4, -0.2) is 67.3 Å². The SMILES string of the molecule is CN=C(NCc1ccc2c(c1)OCCCO2)N1CCN(c2ncccn2)CC1. The number of hydrogen-bond donors (Lipinski definition) is 1. The molecule has 0 radical (unpaired) electrons. The number of piperazine rings is 1. The molecule has 0 amide bonds. The second-order valence-electron chi connectivity index (χ2n) is 6.76. The smallest absolute Gasteiger partial charge is 0.225 e. The first-order chi connectivity index (χ1) is 13.8. The van der Waals surface area contributed by atoms with E-state index in [2.05, 4.69) is 36.1 Å². The van der Waals surface area contributed by atoms with Gasteiger partial charge in [0.05, 0.1) is 13.2 Å². The number of guanidine groups is 1. The lowest BCUT2D eigenvalue weighted by Gasteiger charge is -2.36. The van der Waals surface area contributed by atoms with E-state index in [1.807, 2.05) is 25.2 Å². The first kappa shape index (κ1) is 18.3. The van der Waals surface area contributed by atoms with Crippen molar-refractivity contribution in [2.45, 2.75) is 13.0 Å². The number of aliphatic imine (C=N–C) groups is 1. The fraction of sp³-hybridized carbons (Fsp3) is 0.450. The first-order valence-corrected chi connectivity index (χ1v) is 9.69. The predicted molar refractivity (Wildman–Crippen MR) is 108 cm³/mol. The molecule has 0 bridgehead atoms. The largest absolute Gasteiger partial charge is 0.490 e. The van der Waals surface area contributed by atoms with Gasteiger partial charge in [-0.1, -0.05) is 6.07 Å². The second-order valence-corrected chi connectivity index (χ2v) is 6.76. The molecule has 2 aliphatic rings. The molecule has 0 unspecified atom stereocenters. The molecule has 0 aliphatic carbocycles. The molecule has 1 aromatic heterocycles. The van der Waals surface area contributed by atoms with Crippen LogP contribution in [0.2, 0.25) is 0 Å². The van der Waals surface area contributed by atoms with E-state index in [0.717, 1.165) is 61.6 Å². The molecular formula is C20H26N6O2. The summed E-state index contributed by atoms with van der Waals surface area (Å²) in [5.41, 5.74) is 1.14. The maximum absolute atomic E-state index is 5.78. The molecule has 148 valence electrons. The topological polar surface area (TPSA) is 75.1 Å². The standard InChI is InChI=1S/C20H26N6O2/c1-21-19(25-8-10-26(11-9-25)20-22-6-2-7-23-20)24-15-16-4-5-17-18(14-16)28-13-3-12-27-17/h2,4-7,14H,3,8-13,15H2,1H3,(H,21,24). The Labute approximate surface area is 165 Å². The number of hydrogen-bond acceptors (Lipinski definition) is 6. The van der Waals surface area contributed by atoms with Gasteiger partial charge in [-0.25, -0.2) is 9.97 Å². The molecule has 1 aromatic carbocycles. The lowest BCUT2D eigenvalue weighted by Crippen LogP contribution is -2.52. The predicted octanol–water partition coefficient (Wildman–Crippen LogP) is 1.54. The van der Waals surface area contributed by atoms with Crippen molar-refractivity contribution in [3.63, 3.8) is 0 Å². The Balaban J connectivity index is 1.33. The molecule has 8 heteroatoms. The molecule has 28 heavy (non-hydrogen) atoms. The normalized spacial score (nSPS) is 17.2. The second kappa shape index (κ2) is 8.77. The van der Waals surface area contributed by atoms with Gasteiger partial charge in [-0.05, 0) is 23.8 Å². The van der Waals surface area contributed by atoms with Gasteiger partial charge in [0.25, 0.3) is 0 Å².